The highest BCUT2D eigenvalue weighted by molar-refractivity contribution is 6.30. The summed E-state index contributed by atoms with van der Waals surface area (Å²) in [6.07, 6.45) is 2.93. The Labute approximate surface area is 109 Å². The van der Waals surface area contributed by atoms with Crippen LogP contribution in [-0.4, -0.2) is 48.5 Å². The summed E-state index contributed by atoms with van der Waals surface area (Å²) < 4.78 is 0. The second-order valence-corrected chi connectivity index (χ2v) is 4.98. The summed E-state index contributed by atoms with van der Waals surface area (Å²) in [4.78, 5) is 8.97. The van der Waals surface area contributed by atoms with E-state index in [4.69, 9.17) is 11.6 Å². The van der Waals surface area contributed by atoms with Gasteiger partial charge in [0.05, 0.1) is 5.69 Å². The topological polar surface area (TPSA) is 19.4 Å². The van der Waals surface area contributed by atoms with E-state index in [1.54, 1.807) is 6.20 Å². The average molecular weight is 256 g/mol. The molecule has 0 fully saturated rings. The first-order chi connectivity index (χ1) is 8.11. The molecule has 0 aliphatic heterocycles. The first-order valence-corrected chi connectivity index (χ1v) is 6.47. The summed E-state index contributed by atoms with van der Waals surface area (Å²) in [5, 5.41) is 0.763. The molecule has 0 aliphatic carbocycles. The van der Waals surface area contributed by atoms with Crippen molar-refractivity contribution in [2.45, 2.75) is 19.9 Å². The minimum Gasteiger partial charge on any atom is -0.308 e. The molecule has 0 amide bonds. The number of likely N-dealkylation sites (N-methyl/N-ethyl adjacent to an activating group) is 1. The zero-order chi connectivity index (χ0) is 12.7. The summed E-state index contributed by atoms with van der Waals surface area (Å²) in [6, 6.07) is 3.76. The van der Waals surface area contributed by atoms with E-state index in [0.717, 1.165) is 43.3 Å². The van der Waals surface area contributed by atoms with E-state index in [1.807, 2.05) is 12.1 Å². The number of hydrogen-bond donors (Lipinski definition) is 0. The number of aromatic nitrogens is 1. The monoisotopic (exact) mass is 255 g/mol. The van der Waals surface area contributed by atoms with Crippen LogP contribution in [0.1, 0.15) is 19.0 Å². The molecule has 4 heteroatoms. The maximum Gasteiger partial charge on any atom is 0.0558 e. The Morgan fingerprint density at radius 1 is 1.24 bits per heavy atom. The van der Waals surface area contributed by atoms with Crippen LogP contribution < -0.4 is 0 Å². The number of rotatable bonds is 7. The third-order valence-electron chi connectivity index (χ3n) is 2.57. The molecule has 0 saturated carbocycles. The Morgan fingerprint density at radius 2 is 2.00 bits per heavy atom. The highest BCUT2D eigenvalue weighted by Crippen LogP contribution is 2.10. The highest BCUT2D eigenvalue weighted by atomic mass is 35.5. The third-order valence-corrected chi connectivity index (χ3v) is 2.80. The van der Waals surface area contributed by atoms with Crippen LogP contribution in [0.25, 0.3) is 0 Å². The molecule has 0 spiro atoms. The number of hydrogen-bond acceptors (Lipinski definition) is 3. The van der Waals surface area contributed by atoms with Crippen LogP contribution in [0.2, 0.25) is 5.02 Å². The van der Waals surface area contributed by atoms with Gasteiger partial charge < -0.3 is 4.90 Å². The average Bonchev–Trinajstić information content (AvgIpc) is 2.26. The lowest BCUT2D eigenvalue weighted by Crippen LogP contribution is -2.32. The van der Waals surface area contributed by atoms with Crippen molar-refractivity contribution in [1.29, 1.82) is 0 Å². The SMILES string of the molecule is CCCN(CCN(C)C)Cc1cc(Cl)ccn1. The molecule has 0 aliphatic rings. The van der Waals surface area contributed by atoms with E-state index < -0.39 is 0 Å². The minimum absolute atomic E-state index is 0.763. The summed E-state index contributed by atoms with van der Waals surface area (Å²) in [5.41, 5.74) is 1.05. The lowest BCUT2D eigenvalue weighted by Gasteiger charge is -2.23. The van der Waals surface area contributed by atoms with E-state index in [1.165, 1.54) is 0 Å². The van der Waals surface area contributed by atoms with Crippen molar-refractivity contribution >= 4 is 11.6 Å². The molecule has 0 unspecified atom stereocenters. The lowest BCUT2D eigenvalue weighted by atomic mass is 10.3. The molecule has 1 aromatic rings. The third kappa shape index (κ3) is 6.01. The van der Waals surface area contributed by atoms with E-state index in [2.05, 4.69) is 35.8 Å². The predicted molar refractivity (Wildman–Crippen MR) is 73.4 cm³/mol. The quantitative estimate of drug-likeness (QED) is 0.746. The van der Waals surface area contributed by atoms with E-state index >= 15 is 0 Å². The zero-order valence-corrected chi connectivity index (χ0v) is 11.7. The smallest absolute Gasteiger partial charge is 0.0558 e. The Balaban J connectivity index is 2.53. The van der Waals surface area contributed by atoms with Crippen LogP contribution in [0, 0.1) is 0 Å². The van der Waals surface area contributed by atoms with Gasteiger partial charge in [0.25, 0.3) is 0 Å². The fourth-order valence-corrected chi connectivity index (χ4v) is 1.87. The molecule has 0 bridgehead atoms. The van der Waals surface area contributed by atoms with Crippen molar-refractivity contribution in [2.24, 2.45) is 0 Å². The largest absolute Gasteiger partial charge is 0.308 e. The normalized spacial score (nSPS) is 11.4. The van der Waals surface area contributed by atoms with Crippen molar-refractivity contribution in [3.05, 3.63) is 29.0 Å². The number of halogens is 1. The highest BCUT2D eigenvalue weighted by Gasteiger charge is 2.06. The fraction of sp³-hybridized carbons (Fsp3) is 0.615. The van der Waals surface area contributed by atoms with Crippen LogP contribution in [0.3, 0.4) is 0 Å². The van der Waals surface area contributed by atoms with Gasteiger partial charge in [-0.25, -0.2) is 0 Å². The molecule has 0 aromatic carbocycles. The molecule has 17 heavy (non-hydrogen) atoms. The Hall–Kier alpha value is -0.640. The van der Waals surface area contributed by atoms with Crippen molar-refractivity contribution < 1.29 is 0 Å². The van der Waals surface area contributed by atoms with E-state index in [9.17, 15) is 0 Å². The molecule has 0 atom stereocenters. The maximum atomic E-state index is 5.97. The van der Waals surface area contributed by atoms with Gasteiger partial charge in [-0.15, -0.1) is 0 Å². The molecule has 96 valence electrons. The summed E-state index contributed by atoms with van der Waals surface area (Å²) in [5.74, 6) is 0. The second kappa shape index (κ2) is 7.64. The molecule has 0 N–H and O–H groups in total. The Bertz CT molecular complexity index is 328. The van der Waals surface area contributed by atoms with Gasteiger partial charge in [-0.1, -0.05) is 18.5 Å². The van der Waals surface area contributed by atoms with Crippen LogP contribution in [0.15, 0.2) is 18.3 Å². The molecule has 0 saturated heterocycles. The van der Waals surface area contributed by atoms with E-state index in [0.29, 0.717) is 0 Å². The molecule has 1 aromatic heterocycles. The lowest BCUT2D eigenvalue weighted by molar-refractivity contribution is 0.232. The molecular weight excluding hydrogens is 234 g/mol. The second-order valence-electron chi connectivity index (χ2n) is 4.54. The van der Waals surface area contributed by atoms with Gasteiger partial charge in [-0.05, 0) is 39.2 Å². The van der Waals surface area contributed by atoms with Crippen molar-refractivity contribution in [3.63, 3.8) is 0 Å². The molecule has 0 radical (unpaired) electrons. The van der Waals surface area contributed by atoms with Gasteiger partial charge in [-0.3, -0.25) is 9.88 Å². The predicted octanol–water partition coefficient (Wildman–Crippen LogP) is 2.51. The van der Waals surface area contributed by atoms with Crippen molar-refractivity contribution in [1.82, 2.24) is 14.8 Å². The summed E-state index contributed by atoms with van der Waals surface area (Å²) in [6.45, 7) is 6.31. The summed E-state index contributed by atoms with van der Waals surface area (Å²) in [7, 11) is 4.20. The van der Waals surface area contributed by atoms with Gasteiger partial charge in [0, 0.05) is 30.9 Å². The molecule has 3 nitrogen and oxygen atoms in total. The van der Waals surface area contributed by atoms with Crippen LogP contribution in [0.4, 0.5) is 0 Å². The van der Waals surface area contributed by atoms with Gasteiger partial charge >= 0.3 is 0 Å². The molecule has 1 rings (SSSR count). The van der Waals surface area contributed by atoms with E-state index in [-0.39, 0.29) is 0 Å². The van der Waals surface area contributed by atoms with Crippen LogP contribution in [0.5, 0.6) is 0 Å². The fourth-order valence-electron chi connectivity index (χ4n) is 1.69. The maximum absolute atomic E-state index is 5.97. The number of nitrogens with zero attached hydrogens (tertiary/aromatic N) is 3. The Kier molecular flexibility index (Phi) is 6.48. The zero-order valence-electron chi connectivity index (χ0n) is 11.0. The minimum atomic E-state index is 0.763. The van der Waals surface area contributed by atoms with Crippen molar-refractivity contribution in [3.8, 4) is 0 Å². The van der Waals surface area contributed by atoms with Gasteiger partial charge in [0.1, 0.15) is 0 Å². The van der Waals surface area contributed by atoms with Crippen LogP contribution >= 0.6 is 11.6 Å². The van der Waals surface area contributed by atoms with Gasteiger partial charge in [0.2, 0.25) is 0 Å². The first-order valence-electron chi connectivity index (χ1n) is 6.09. The van der Waals surface area contributed by atoms with Crippen LogP contribution in [-0.2, 0) is 6.54 Å². The molecule has 1 heterocycles. The molecular formula is C13H22ClN3. The summed E-state index contributed by atoms with van der Waals surface area (Å²) >= 11 is 5.97. The first kappa shape index (κ1) is 14.4. The van der Waals surface area contributed by atoms with Crippen molar-refractivity contribution in [2.75, 3.05) is 33.7 Å². The standard InChI is InChI=1S/C13H22ClN3/c1-4-7-17(9-8-16(2)3)11-13-10-12(14)5-6-15-13/h5-6,10H,4,7-9,11H2,1-3H3. The van der Waals surface area contributed by atoms with Gasteiger partial charge in [0.15, 0.2) is 0 Å². The number of pyridine rings is 1. The van der Waals surface area contributed by atoms with Gasteiger partial charge in [-0.2, -0.15) is 0 Å². The Morgan fingerprint density at radius 3 is 2.59 bits per heavy atom.